The van der Waals surface area contributed by atoms with Gasteiger partial charge >= 0.3 is 0 Å². The molecule has 4 heteroatoms. The molecule has 6 aromatic carbocycles. The minimum absolute atomic E-state index is 0.344. The van der Waals surface area contributed by atoms with E-state index < -0.39 is 0 Å². The van der Waals surface area contributed by atoms with Crippen molar-refractivity contribution in [3.05, 3.63) is 167 Å². The van der Waals surface area contributed by atoms with Crippen molar-refractivity contribution in [3.8, 4) is 23.3 Å². The van der Waals surface area contributed by atoms with Crippen molar-refractivity contribution in [2.24, 2.45) is 0 Å². The Morgan fingerprint density at radius 1 is 0.417 bits per heavy atom. The summed E-state index contributed by atoms with van der Waals surface area (Å²) in [6.07, 6.45) is 0. The second-order valence-electron chi connectivity index (χ2n) is 13.7. The lowest BCUT2D eigenvalue weighted by Gasteiger charge is -2.43. The molecule has 0 aromatic heterocycles. The third kappa shape index (κ3) is 4.34. The highest BCUT2D eigenvalue weighted by atomic mass is 15.2. The van der Waals surface area contributed by atoms with Crippen LogP contribution in [0.2, 0.25) is 0 Å². The number of benzene rings is 6. The van der Waals surface area contributed by atoms with Gasteiger partial charge in [0.25, 0.3) is 0 Å². The van der Waals surface area contributed by atoms with Crippen LogP contribution in [0.25, 0.3) is 11.1 Å². The Balaban J connectivity index is 1.31. The van der Waals surface area contributed by atoms with Gasteiger partial charge in [-0.15, -0.1) is 0 Å². The van der Waals surface area contributed by atoms with E-state index in [0.29, 0.717) is 11.1 Å². The highest BCUT2D eigenvalue weighted by Crippen LogP contribution is 2.55. The number of nitrogens with zero attached hydrogens (tertiary/aromatic N) is 4. The molecule has 230 valence electrons. The van der Waals surface area contributed by atoms with Gasteiger partial charge < -0.3 is 9.80 Å². The Hall–Kier alpha value is -6.10. The molecule has 4 nitrogen and oxygen atoms in total. The summed E-state index contributed by atoms with van der Waals surface area (Å²) in [4.78, 5) is 4.64. The lowest BCUT2D eigenvalue weighted by molar-refractivity contribution is 0.630. The molecule has 0 unspecified atom stereocenters. The Bertz CT molecular complexity index is 2150. The molecule has 0 fully saturated rings. The first-order chi connectivity index (χ1) is 23.2. The van der Waals surface area contributed by atoms with Gasteiger partial charge in [-0.2, -0.15) is 10.5 Å². The maximum atomic E-state index is 9.82. The van der Waals surface area contributed by atoms with E-state index in [0.717, 1.165) is 56.4 Å². The van der Waals surface area contributed by atoms with Gasteiger partial charge in [0.2, 0.25) is 0 Å². The molecule has 0 radical (unpaired) electrons. The summed E-state index contributed by atoms with van der Waals surface area (Å²) in [5.74, 6) is 0. The van der Waals surface area contributed by atoms with Crippen LogP contribution in [0.5, 0.6) is 0 Å². The molecule has 0 bridgehead atoms. The topological polar surface area (TPSA) is 54.1 Å². The van der Waals surface area contributed by atoms with Crippen LogP contribution in [0.1, 0.15) is 61.1 Å². The standard InChI is InChI=1S/C44H34N4/c1-43(2)35-23-29(27-45)15-19-39(35)47(33-11-7-5-8-12-33)41-21-17-31(25-37(41)43)32-18-22-42-38(26-32)44(3,4)36-24-30(28-46)16-20-40(36)48(42)34-13-9-6-10-14-34/h5-26H,1-4H3. The molecule has 0 aliphatic carbocycles. The zero-order valence-corrected chi connectivity index (χ0v) is 27.5. The molecule has 48 heavy (non-hydrogen) atoms. The number of anilines is 6. The van der Waals surface area contributed by atoms with Crippen LogP contribution in [-0.2, 0) is 10.8 Å². The summed E-state index contributed by atoms with van der Waals surface area (Å²) in [6, 6.07) is 51.3. The fourth-order valence-corrected chi connectivity index (χ4v) is 7.68. The Kier molecular flexibility index (Phi) is 6.55. The molecule has 6 aromatic rings. The van der Waals surface area contributed by atoms with Crippen LogP contribution >= 0.6 is 0 Å². The first kappa shape index (κ1) is 29.3. The zero-order chi connectivity index (χ0) is 33.2. The average Bonchev–Trinajstić information content (AvgIpc) is 3.12. The maximum Gasteiger partial charge on any atom is 0.0991 e. The molecule has 2 heterocycles. The minimum Gasteiger partial charge on any atom is -0.310 e. The first-order valence-electron chi connectivity index (χ1n) is 16.3. The largest absolute Gasteiger partial charge is 0.310 e. The van der Waals surface area contributed by atoms with E-state index in [1.165, 1.54) is 11.1 Å². The molecule has 0 atom stereocenters. The maximum absolute atomic E-state index is 9.82. The molecule has 0 spiro atoms. The number of hydrogen-bond donors (Lipinski definition) is 0. The second kappa shape index (κ2) is 10.7. The smallest absolute Gasteiger partial charge is 0.0991 e. The lowest BCUT2D eigenvalue weighted by atomic mass is 9.71. The van der Waals surface area contributed by atoms with Crippen molar-refractivity contribution in [1.29, 1.82) is 10.5 Å². The van der Waals surface area contributed by atoms with E-state index in [1.54, 1.807) is 0 Å². The van der Waals surface area contributed by atoms with Crippen molar-refractivity contribution in [2.45, 2.75) is 38.5 Å². The summed E-state index contributed by atoms with van der Waals surface area (Å²) in [5, 5.41) is 19.6. The van der Waals surface area contributed by atoms with Gasteiger partial charge in [0.1, 0.15) is 0 Å². The van der Waals surface area contributed by atoms with Crippen molar-refractivity contribution < 1.29 is 0 Å². The SMILES string of the molecule is CC1(C)c2cc(C#N)ccc2N(c2ccccc2)c2ccc(-c3ccc4c(c3)C(C)(C)c3cc(C#N)ccc3N4c3ccccc3)cc21. The second-order valence-corrected chi connectivity index (χ2v) is 13.7. The van der Waals surface area contributed by atoms with Crippen molar-refractivity contribution in [1.82, 2.24) is 0 Å². The average molecular weight is 619 g/mol. The molecule has 8 rings (SSSR count). The zero-order valence-electron chi connectivity index (χ0n) is 27.5. The summed E-state index contributed by atoms with van der Waals surface area (Å²) in [6.45, 7) is 9.04. The predicted octanol–water partition coefficient (Wildman–Crippen LogP) is 11.3. The van der Waals surface area contributed by atoms with Crippen molar-refractivity contribution in [3.63, 3.8) is 0 Å². The van der Waals surface area contributed by atoms with Gasteiger partial charge in [-0.05, 0) is 118 Å². The molecule has 0 saturated heterocycles. The van der Waals surface area contributed by atoms with E-state index in [4.69, 9.17) is 0 Å². The summed E-state index contributed by atoms with van der Waals surface area (Å²) in [5.41, 5.74) is 14.2. The third-order valence-corrected chi connectivity index (χ3v) is 10.3. The van der Waals surface area contributed by atoms with E-state index in [-0.39, 0.29) is 10.8 Å². The first-order valence-corrected chi connectivity index (χ1v) is 16.3. The quantitative estimate of drug-likeness (QED) is 0.198. The van der Waals surface area contributed by atoms with E-state index >= 15 is 0 Å². The van der Waals surface area contributed by atoms with Gasteiger partial charge in [-0.3, -0.25) is 0 Å². The Morgan fingerprint density at radius 2 is 0.750 bits per heavy atom. The molecule has 2 aliphatic rings. The van der Waals surface area contributed by atoms with Crippen LogP contribution in [0.15, 0.2) is 133 Å². The summed E-state index contributed by atoms with van der Waals surface area (Å²) in [7, 11) is 0. The molecule has 0 amide bonds. The van der Waals surface area contributed by atoms with Crippen LogP contribution in [0, 0.1) is 22.7 Å². The molecular weight excluding hydrogens is 585 g/mol. The van der Waals surface area contributed by atoms with Crippen LogP contribution < -0.4 is 9.80 Å². The van der Waals surface area contributed by atoms with Gasteiger partial charge in [-0.25, -0.2) is 0 Å². The number of para-hydroxylation sites is 2. The molecule has 0 N–H and O–H groups in total. The molecule has 2 aliphatic heterocycles. The molecule has 0 saturated carbocycles. The fourth-order valence-electron chi connectivity index (χ4n) is 7.68. The van der Waals surface area contributed by atoms with Crippen LogP contribution in [0.3, 0.4) is 0 Å². The highest BCUT2D eigenvalue weighted by Gasteiger charge is 2.39. The fraction of sp³-hybridized carbons (Fsp3) is 0.136. The summed E-state index contributed by atoms with van der Waals surface area (Å²) < 4.78 is 0. The predicted molar refractivity (Wildman–Crippen MR) is 195 cm³/mol. The number of rotatable bonds is 3. The normalized spacial score (nSPS) is 14.9. The van der Waals surface area contributed by atoms with Gasteiger partial charge in [0, 0.05) is 22.2 Å². The Labute approximate surface area is 282 Å². The van der Waals surface area contributed by atoms with Crippen LogP contribution in [-0.4, -0.2) is 0 Å². The monoisotopic (exact) mass is 618 g/mol. The lowest BCUT2D eigenvalue weighted by Crippen LogP contribution is -2.31. The minimum atomic E-state index is -0.344. The molecular formula is C44H34N4. The number of hydrogen-bond acceptors (Lipinski definition) is 4. The van der Waals surface area contributed by atoms with Gasteiger partial charge in [-0.1, -0.05) is 76.2 Å². The third-order valence-electron chi connectivity index (χ3n) is 10.3. The van der Waals surface area contributed by atoms with E-state index in [9.17, 15) is 10.5 Å². The summed E-state index contributed by atoms with van der Waals surface area (Å²) >= 11 is 0. The number of fused-ring (bicyclic) bond motifs is 4. The van der Waals surface area contributed by atoms with Gasteiger partial charge in [0.15, 0.2) is 0 Å². The Morgan fingerprint density at radius 3 is 1.10 bits per heavy atom. The van der Waals surface area contributed by atoms with Crippen molar-refractivity contribution >= 4 is 34.1 Å². The van der Waals surface area contributed by atoms with Crippen LogP contribution in [0.4, 0.5) is 34.1 Å². The van der Waals surface area contributed by atoms with Gasteiger partial charge in [0.05, 0.1) is 46.0 Å². The van der Waals surface area contributed by atoms with E-state index in [1.807, 2.05) is 36.4 Å². The van der Waals surface area contributed by atoms with E-state index in [2.05, 4.69) is 147 Å². The highest BCUT2D eigenvalue weighted by molar-refractivity contribution is 5.90. The van der Waals surface area contributed by atoms with Crippen molar-refractivity contribution in [2.75, 3.05) is 9.80 Å². The number of nitriles is 2.